The first-order chi connectivity index (χ1) is 14.9. The summed E-state index contributed by atoms with van der Waals surface area (Å²) in [5.74, 6) is 0.992. The summed E-state index contributed by atoms with van der Waals surface area (Å²) in [7, 11) is 0. The molecule has 2 heteroatoms. The molecular weight excluding hydrogens is 366 g/mol. The van der Waals surface area contributed by atoms with Gasteiger partial charge in [0, 0.05) is 13.1 Å². The average Bonchev–Trinajstić information content (AvgIpc) is 2.77. The Balaban J connectivity index is 2.09. The van der Waals surface area contributed by atoms with Gasteiger partial charge in [0.25, 0.3) is 0 Å². The monoisotopic (exact) mass is 423 g/mol. The van der Waals surface area contributed by atoms with Gasteiger partial charge in [-0.2, -0.15) is 0 Å². The lowest BCUT2D eigenvalue weighted by atomic mass is 9.90. The Morgan fingerprint density at radius 3 is 1.40 bits per heavy atom. The highest BCUT2D eigenvalue weighted by Gasteiger charge is 2.12. The van der Waals surface area contributed by atoms with Crippen LogP contribution in [0.15, 0.2) is 0 Å². The van der Waals surface area contributed by atoms with Gasteiger partial charge in [0.2, 0.25) is 0 Å². The highest BCUT2D eigenvalue weighted by atomic mass is 16.5. The molecule has 0 spiro atoms. The number of ether oxygens (including phenoxy) is 1. The molecule has 1 unspecified atom stereocenters. The highest BCUT2D eigenvalue weighted by molar-refractivity contribution is 4.66. The van der Waals surface area contributed by atoms with Crippen molar-refractivity contribution in [2.24, 2.45) is 5.92 Å². The zero-order chi connectivity index (χ0) is 21.5. The maximum Gasteiger partial charge on any atom is 0.0594 e. The molecule has 1 heterocycles. The van der Waals surface area contributed by atoms with Crippen LogP contribution in [0.25, 0.3) is 0 Å². The van der Waals surface area contributed by atoms with Gasteiger partial charge < -0.3 is 4.74 Å². The van der Waals surface area contributed by atoms with Crippen molar-refractivity contribution >= 4 is 0 Å². The number of unbranched alkanes of at least 4 members (excludes halogenated alkanes) is 14. The fourth-order valence-electron chi connectivity index (χ4n) is 5.00. The maximum atomic E-state index is 5.50. The molecule has 0 radical (unpaired) electrons. The molecule has 0 aromatic rings. The normalized spacial score (nSPS) is 16.2. The Bertz CT molecular complexity index is 327. The summed E-state index contributed by atoms with van der Waals surface area (Å²) in [6.07, 6.45) is 29.1. The van der Waals surface area contributed by atoms with E-state index in [0.717, 1.165) is 32.2 Å². The molecule has 0 aliphatic carbocycles. The molecule has 1 rings (SSSR count). The van der Waals surface area contributed by atoms with Crippen LogP contribution in [0, 0.1) is 5.92 Å². The van der Waals surface area contributed by atoms with Crippen molar-refractivity contribution in [3.63, 3.8) is 0 Å². The molecule has 0 saturated carbocycles. The second kappa shape index (κ2) is 22.1. The molecule has 1 aliphatic rings. The van der Waals surface area contributed by atoms with Crippen LogP contribution >= 0.6 is 0 Å². The highest BCUT2D eigenvalue weighted by Crippen LogP contribution is 2.24. The van der Waals surface area contributed by atoms with E-state index in [1.54, 1.807) is 0 Å². The summed E-state index contributed by atoms with van der Waals surface area (Å²) < 4.78 is 5.50. The molecule has 0 amide bonds. The predicted octanol–water partition coefficient (Wildman–Crippen LogP) is 8.78. The van der Waals surface area contributed by atoms with Crippen LogP contribution in [0.5, 0.6) is 0 Å². The SMILES string of the molecule is CCCCCCCCCCCCC(CCCCCCCC)CCCN1CCOCC1. The van der Waals surface area contributed by atoms with Gasteiger partial charge >= 0.3 is 0 Å². The Kier molecular flexibility index (Phi) is 20.6. The fraction of sp³-hybridized carbons (Fsp3) is 1.00. The van der Waals surface area contributed by atoms with Crippen LogP contribution in [0.3, 0.4) is 0 Å². The Morgan fingerprint density at radius 1 is 0.533 bits per heavy atom. The van der Waals surface area contributed by atoms with Crippen molar-refractivity contribution in [1.29, 1.82) is 0 Å². The minimum atomic E-state index is 0.944. The minimum absolute atomic E-state index is 0.944. The lowest BCUT2D eigenvalue weighted by Gasteiger charge is -2.27. The summed E-state index contributed by atoms with van der Waals surface area (Å²) in [4.78, 5) is 2.62. The zero-order valence-corrected chi connectivity index (χ0v) is 21.1. The number of nitrogens with zero attached hydrogens (tertiary/aromatic N) is 1. The standard InChI is InChI=1S/C28H57NO/c1-3-5-7-9-11-12-13-14-16-18-21-28(20-17-15-10-8-6-4-2)22-19-23-29-24-26-30-27-25-29/h28H,3-27H2,1-2H3. The van der Waals surface area contributed by atoms with E-state index in [9.17, 15) is 0 Å². The maximum absolute atomic E-state index is 5.50. The van der Waals surface area contributed by atoms with Crippen LogP contribution in [0.4, 0.5) is 0 Å². The van der Waals surface area contributed by atoms with Crippen LogP contribution in [-0.2, 0) is 4.74 Å². The quantitative estimate of drug-likeness (QED) is 0.161. The molecule has 0 aromatic carbocycles. The Morgan fingerprint density at radius 2 is 0.933 bits per heavy atom. The summed E-state index contributed by atoms with van der Waals surface area (Å²) in [6, 6.07) is 0. The van der Waals surface area contributed by atoms with E-state index in [0.29, 0.717) is 0 Å². The van der Waals surface area contributed by atoms with E-state index in [2.05, 4.69) is 18.7 Å². The topological polar surface area (TPSA) is 12.5 Å². The van der Waals surface area contributed by atoms with E-state index in [-0.39, 0.29) is 0 Å². The van der Waals surface area contributed by atoms with Crippen LogP contribution < -0.4 is 0 Å². The summed E-state index contributed by atoms with van der Waals surface area (Å²) >= 11 is 0. The van der Waals surface area contributed by atoms with Gasteiger partial charge in [-0.05, 0) is 25.3 Å². The summed E-state index contributed by atoms with van der Waals surface area (Å²) in [6.45, 7) is 10.1. The molecule has 0 aromatic heterocycles. The number of hydrogen-bond donors (Lipinski definition) is 0. The smallest absolute Gasteiger partial charge is 0.0594 e. The second-order valence-corrected chi connectivity index (χ2v) is 9.99. The third-order valence-corrected chi connectivity index (χ3v) is 7.12. The van der Waals surface area contributed by atoms with E-state index >= 15 is 0 Å². The minimum Gasteiger partial charge on any atom is -0.379 e. The van der Waals surface area contributed by atoms with Gasteiger partial charge in [-0.25, -0.2) is 0 Å². The van der Waals surface area contributed by atoms with Gasteiger partial charge in [0.1, 0.15) is 0 Å². The summed E-state index contributed by atoms with van der Waals surface area (Å²) in [5, 5.41) is 0. The van der Waals surface area contributed by atoms with Gasteiger partial charge in [0.15, 0.2) is 0 Å². The van der Waals surface area contributed by atoms with Crippen molar-refractivity contribution in [1.82, 2.24) is 4.90 Å². The van der Waals surface area contributed by atoms with Crippen molar-refractivity contribution in [3.05, 3.63) is 0 Å². The largest absolute Gasteiger partial charge is 0.379 e. The van der Waals surface area contributed by atoms with E-state index in [4.69, 9.17) is 4.74 Å². The van der Waals surface area contributed by atoms with E-state index in [1.165, 1.54) is 135 Å². The van der Waals surface area contributed by atoms with Crippen molar-refractivity contribution in [2.45, 2.75) is 142 Å². The zero-order valence-electron chi connectivity index (χ0n) is 21.1. The first-order valence-corrected chi connectivity index (χ1v) is 14.2. The molecule has 1 aliphatic heterocycles. The molecule has 1 atom stereocenters. The van der Waals surface area contributed by atoms with Gasteiger partial charge in [-0.15, -0.1) is 0 Å². The van der Waals surface area contributed by atoms with Crippen LogP contribution in [-0.4, -0.2) is 37.7 Å². The van der Waals surface area contributed by atoms with E-state index < -0.39 is 0 Å². The first-order valence-electron chi connectivity index (χ1n) is 14.2. The first kappa shape index (κ1) is 28.0. The molecule has 1 fully saturated rings. The van der Waals surface area contributed by atoms with Crippen molar-refractivity contribution < 1.29 is 4.74 Å². The van der Waals surface area contributed by atoms with Crippen molar-refractivity contribution in [2.75, 3.05) is 32.8 Å². The molecule has 0 bridgehead atoms. The van der Waals surface area contributed by atoms with Crippen molar-refractivity contribution in [3.8, 4) is 0 Å². The predicted molar refractivity (Wildman–Crippen MR) is 134 cm³/mol. The third-order valence-electron chi connectivity index (χ3n) is 7.12. The van der Waals surface area contributed by atoms with Crippen LogP contribution in [0.2, 0.25) is 0 Å². The Labute approximate surface area is 190 Å². The molecule has 2 nitrogen and oxygen atoms in total. The van der Waals surface area contributed by atoms with Gasteiger partial charge in [-0.1, -0.05) is 129 Å². The van der Waals surface area contributed by atoms with Gasteiger partial charge in [-0.3, -0.25) is 4.90 Å². The van der Waals surface area contributed by atoms with E-state index in [1.807, 2.05) is 0 Å². The lowest BCUT2D eigenvalue weighted by Crippen LogP contribution is -2.36. The lowest BCUT2D eigenvalue weighted by molar-refractivity contribution is 0.0365. The van der Waals surface area contributed by atoms with Crippen LogP contribution in [0.1, 0.15) is 142 Å². The third kappa shape index (κ3) is 17.6. The molecular formula is C28H57NO. The molecule has 30 heavy (non-hydrogen) atoms. The van der Waals surface area contributed by atoms with Gasteiger partial charge in [0.05, 0.1) is 13.2 Å². The Hall–Kier alpha value is -0.0800. The molecule has 0 N–H and O–H groups in total. The molecule has 1 saturated heterocycles. The average molecular weight is 424 g/mol. The summed E-state index contributed by atoms with van der Waals surface area (Å²) in [5.41, 5.74) is 0. The second-order valence-electron chi connectivity index (χ2n) is 9.99. The number of hydrogen-bond acceptors (Lipinski definition) is 2. The number of rotatable bonds is 22. The number of morpholine rings is 1. The fourth-order valence-corrected chi connectivity index (χ4v) is 5.00. The molecule has 180 valence electrons.